The van der Waals surface area contributed by atoms with E-state index in [-0.39, 0.29) is 18.7 Å². The first-order chi connectivity index (χ1) is 6.61. The van der Waals surface area contributed by atoms with Crippen molar-refractivity contribution < 1.29 is 29.3 Å². The third kappa shape index (κ3) is 5.28. The summed E-state index contributed by atoms with van der Waals surface area (Å²) in [6, 6.07) is 0. The van der Waals surface area contributed by atoms with Gasteiger partial charge >= 0.3 is 12.4 Å². The highest BCUT2D eigenvalue weighted by Crippen LogP contribution is 1.96. The van der Waals surface area contributed by atoms with Crippen molar-refractivity contribution in [2.24, 2.45) is 0 Å². The predicted molar refractivity (Wildman–Crippen MR) is 45.0 cm³/mol. The molecule has 6 nitrogen and oxygen atoms in total. The summed E-state index contributed by atoms with van der Waals surface area (Å²) in [7, 11) is 0. The summed E-state index contributed by atoms with van der Waals surface area (Å²) in [6.45, 7) is 0.841. The lowest BCUT2D eigenvalue weighted by atomic mass is 10.3. The summed E-state index contributed by atoms with van der Waals surface area (Å²) in [4.78, 5) is 20.5. The average Bonchev–Trinajstić information content (AvgIpc) is 2.17. The van der Waals surface area contributed by atoms with Crippen molar-refractivity contribution in [1.29, 1.82) is 0 Å². The third-order valence-electron chi connectivity index (χ3n) is 1.24. The van der Waals surface area contributed by atoms with E-state index in [1.807, 2.05) is 0 Å². The molecule has 80 valence electrons. The van der Waals surface area contributed by atoms with Gasteiger partial charge in [-0.2, -0.15) is 0 Å². The summed E-state index contributed by atoms with van der Waals surface area (Å²) < 4.78 is 8.73. The molecule has 0 aliphatic heterocycles. The number of carbonyl (C=O) groups is 2. The highest BCUT2D eigenvalue weighted by atomic mass is 16.6. The van der Waals surface area contributed by atoms with Gasteiger partial charge in [0.15, 0.2) is 0 Å². The third-order valence-corrected chi connectivity index (χ3v) is 1.24. The van der Waals surface area contributed by atoms with Gasteiger partial charge in [-0.3, -0.25) is 4.79 Å². The van der Waals surface area contributed by atoms with Crippen LogP contribution in [-0.4, -0.2) is 42.0 Å². The van der Waals surface area contributed by atoms with Gasteiger partial charge in [-0.25, -0.2) is 4.79 Å². The summed E-state index contributed by atoms with van der Waals surface area (Å²) in [5.41, 5.74) is 0.0854. The second-order valence-electron chi connectivity index (χ2n) is 2.47. The molecule has 0 fully saturated rings. The molecule has 6 heteroatoms. The van der Waals surface area contributed by atoms with Crippen LogP contribution in [0.4, 0.5) is 0 Å². The van der Waals surface area contributed by atoms with Crippen LogP contribution >= 0.6 is 0 Å². The van der Waals surface area contributed by atoms with E-state index in [9.17, 15) is 9.59 Å². The zero-order valence-corrected chi connectivity index (χ0v) is 7.67. The fourth-order valence-electron chi connectivity index (χ4n) is 0.522. The van der Waals surface area contributed by atoms with Gasteiger partial charge in [0, 0.05) is 0 Å². The molecule has 0 saturated heterocycles. The van der Waals surface area contributed by atoms with Gasteiger partial charge in [-0.15, -0.1) is 0 Å². The van der Waals surface area contributed by atoms with Crippen molar-refractivity contribution in [1.82, 2.24) is 0 Å². The number of hydrogen-bond acceptors (Lipinski definition) is 6. The molecule has 14 heavy (non-hydrogen) atoms. The molecule has 1 atom stereocenters. The van der Waals surface area contributed by atoms with Crippen molar-refractivity contribution in [3.05, 3.63) is 11.8 Å². The number of hydrogen-bond donors (Lipinski definition) is 2. The highest BCUT2D eigenvalue weighted by molar-refractivity contribution is 5.91. The minimum atomic E-state index is -0.999. The molecule has 0 aromatic carbocycles. The molecule has 0 saturated carbocycles. The van der Waals surface area contributed by atoms with Crippen LogP contribution in [0.1, 0.15) is 6.92 Å². The molecule has 0 radical (unpaired) electrons. The molecule has 0 heterocycles. The van der Waals surface area contributed by atoms with E-state index in [1.165, 1.54) is 6.92 Å². The van der Waals surface area contributed by atoms with Crippen molar-refractivity contribution in [3.63, 3.8) is 0 Å². The first-order valence-corrected chi connectivity index (χ1v) is 3.83. The van der Waals surface area contributed by atoms with E-state index in [2.05, 4.69) is 4.74 Å². The number of rotatable bonds is 6. The first-order valence-electron chi connectivity index (χ1n) is 3.83. The van der Waals surface area contributed by atoms with Gasteiger partial charge in [0.1, 0.15) is 12.7 Å². The van der Waals surface area contributed by atoms with Gasteiger partial charge in [-0.05, 0) is 6.92 Å². The summed E-state index contributed by atoms with van der Waals surface area (Å²) in [6.07, 6.45) is 0.0474. The summed E-state index contributed by atoms with van der Waals surface area (Å²) >= 11 is 0. The predicted octanol–water partition coefficient (Wildman–Crippen LogP) is -1.04. The molecule has 0 bridgehead atoms. The highest BCUT2D eigenvalue weighted by Gasteiger charge is 2.06. The Hall–Kier alpha value is -1.40. The first kappa shape index (κ1) is 12.6. The van der Waals surface area contributed by atoms with Crippen LogP contribution in [0.2, 0.25) is 0 Å². The van der Waals surface area contributed by atoms with E-state index < -0.39 is 18.7 Å². The smallest absolute Gasteiger partial charge is 0.344 e. The molecule has 0 aliphatic rings. The number of carbonyl (C=O) groups excluding carboxylic acids is 2. The van der Waals surface area contributed by atoms with Gasteiger partial charge < -0.3 is 19.7 Å². The van der Waals surface area contributed by atoms with Crippen LogP contribution in [0, 0.1) is 0 Å². The Balaban J connectivity index is 3.87. The largest absolute Gasteiger partial charge is 0.498 e. The van der Waals surface area contributed by atoms with Crippen LogP contribution in [0.25, 0.3) is 0 Å². The molecular weight excluding hydrogens is 192 g/mol. The lowest BCUT2D eigenvalue weighted by Gasteiger charge is -2.06. The number of aliphatic hydroxyl groups excluding tert-OH is 2. The minimum Gasteiger partial charge on any atom is -0.498 e. The fourth-order valence-corrected chi connectivity index (χ4v) is 0.522. The molecule has 0 aromatic heterocycles. The average molecular weight is 204 g/mol. The van der Waals surface area contributed by atoms with Crippen LogP contribution < -0.4 is 0 Å². The topological polar surface area (TPSA) is 93.1 Å². The molecule has 0 aliphatic carbocycles. The lowest BCUT2D eigenvalue weighted by Crippen LogP contribution is -2.18. The zero-order valence-electron chi connectivity index (χ0n) is 7.67. The monoisotopic (exact) mass is 204 g/mol. The van der Waals surface area contributed by atoms with E-state index in [4.69, 9.17) is 14.9 Å². The number of ether oxygens (including phenoxy) is 2. The molecule has 2 N–H and O–H groups in total. The van der Waals surface area contributed by atoms with Gasteiger partial charge in [-0.1, -0.05) is 0 Å². The Morgan fingerprint density at radius 3 is 2.71 bits per heavy atom. The summed E-state index contributed by atoms with van der Waals surface area (Å²) in [5.74, 6) is -0.821. The summed E-state index contributed by atoms with van der Waals surface area (Å²) in [5, 5.41) is 17.2. The molecule has 0 aromatic rings. The van der Waals surface area contributed by atoms with Crippen molar-refractivity contribution in [2.45, 2.75) is 13.0 Å². The van der Waals surface area contributed by atoms with E-state index in [1.54, 1.807) is 0 Å². The standard InChI is InChI=1S/C8H12O6/c1-6(8(12)14-5-10)3-13-4-7(11)2-9/h3,5,7,9,11H,2,4H2,1H3. The van der Waals surface area contributed by atoms with E-state index in [0.29, 0.717) is 0 Å². The maximum Gasteiger partial charge on any atom is 0.344 e. The van der Waals surface area contributed by atoms with Crippen molar-refractivity contribution in [2.75, 3.05) is 13.2 Å². The molecular formula is C8H12O6. The second kappa shape index (κ2) is 7.05. The van der Waals surface area contributed by atoms with E-state index in [0.717, 1.165) is 6.26 Å². The van der Waals surface area contributed by atoms with Crippen LogP contribution in [0.15, 0.2) is 11.8 Å². The SMILES string of the molecule is CC(=COCC(O)CO)C(=O)OC=O. The maximum absolute atomic E-state index is 10.8. The Labute approximate surface area is 80.7 Å². The fraction of sp³-hybridized carbons (Fsp3) is 0.500. The molecule has 0 spiro atoms. The van der Waals surface area contributed by atoms with Crippen molar-refractivity contribution >= 4 is 12.4 Å². The Bertz CT molecular complexity index is 222. The number of aliphatic hydroxyl groups is 2. The molecule has 0 amide bonds. The van der Waals surface area contributed by atoms with Crippen molar-refractivity contribution in [3.8, 4) is 0 Å². The second-order valence-corrected chi connectivity index (χ2v) is 2.47. The quantitative estimate of drug-likeness (QED) is 0.189. The molecule has 0 rings (SSSR count). The van der Waals surface area contributed by atoms with Gasteiger partial charge in [0.25, 0.3) is 0 Å². The van der Waals surface area contributed by atoms with Gasteiger partial charge in [0.2, 0.25) is 0 Å². The van der Waals surface area contributed by atoms with Crippen LogP contribution in [0.5, 0.6) is 0 Å². The Morgan fingerprint density at radius 2 is 2.21 bits per heavy atom. The maximum atomic E-state index is 10.8. The normalized spacial score (nSPS) is 13.2. The van der Waals surface area contributed by atoms with Crippen LogP contribution in [0.3, 0.4) is 0 Å². The Morgan fingerprint density at radius 1 is 1.57 bits per heavy atom. The van der Waals surface area contributed by atoms with Gasteiger partial charge in [0.05, 0.1) is 18.4 Å². The minimum absolute atomic E-state index is 0.0161. The Kier molecular flexibility index (Phi) is 6.34. The van der Waals surface area contributed by atoms with E-state index >= 15 is 0 Å². The number of esters is 1. The van der Waals surface area contributed by atoms with Crippen LogP contribution in [-0.2, 0) is 19.1 Å². The zero-order chi connectivity index (χ0) is 11.0. The lowest BCUT2D eigenvalue weighted by molar-refractivity contribution is -0.148. The molecule has 1 unspecified atom stereocenters.